The van der Waals surface area contributed by atoms with Crippen LogP contribution >= 0.6 is 12.2 Å². The first kappa shape index (κ1) is 23.8. The molecule has 0 aliphatic carbocycles. The second-order valence-corrected chi connectivity index (χ2v) is 10.0. The van der Waals surface area contributed by atoms with Gasteiger partial charge in [0, 0.05) is 29.2 Å². The SMILES string of the molecule is Cc1ccc(N2C(=O)/C(=C/c3cn(Cc4ccc5ccccc5c4)c4ccccc34)C(=O)NC2=S)c(C)c1. The van der Waals surface area contributed by atoms with Gasteiger partial charge in [0.25, 0.3) is 11.8 Å². The smallest absolute Gasteiger partial charge is 0.270 e. The first-order valence-electron chi connectivity index (χ1n) is 12.4. The lowest BCUT2D eigenvalue weighted by molar-refractivity contribution is -0.122. The summed E-state index contributed by atoms with van der Waals surface area (Å²) in [5.41, 5.74) is 5.69. The van der Waals surface area contributed by atoms with Crippen molar-refractivity contribution in [3.05, 3.63) is 119 Å². The van der Waals surface area contributed by atoms with E-state index in [9.17, 15) is 9.59 Å². The standard InChI is InChI=1S/C32H25N3O2S/c1-20-11-14-28(21(2)15-20)35-31(37)27(30(36)33-32(35)38)17-25-19-34(29-10-6-5-9-26(25)29)18-22-12-13-23-7-3-4-8-24(23)16-22/h3-17,19H,18H2,1-2H3,(H,33,36,38)/b27-17+. The number of hydrogen-bond donors (Lipinski definition) is 1. The topological polar surface area (TPSA) is 54.3 Å². The number of amides is 2. The van der Waals surface area contributed by atoms with Crippen LogP contribution < -0.4 is 10.2 Å². The van der Waals surface area contributed by atoms with Crippen LogP contribution in [0.15, 0.2) is 96.7 Å². The highest BCUT2D eigenvalue weighted by Crippen LogP contribution is 2.29. The summed E-state index contributed by atoms with van der Waals surface area (Å²) < 4.78 is 2.16. The van der Waals surface area contributed by atoms with Crippen molar-refractivity contribution in [3.8, 4) is 0 Å². The minimum atomic E-state index is -0.493. The Labute approximate surface area is 226 Å². The van der Waals surface area contributed by atoms with Crippen molar-refractivity contribution in [1.29, 1.82) is 0 Å². The van der Waals surface area contributed by atoms with Crippen molar-refractivity contribution in [2.45, 2.75) is 20.4 Å². The summed E-state index contributed by atoms with van der Waals surface area (Å²) in [7, 11) is 0. The average Bonchev–Trinajstić information content (AvgIpc) is 3.24. The number of aryl methyl sites for hydroxylation is 2. The van der Waals surface area contributed by atoms with Gasteiger partial charge in [-0.3, -0.25) is 19.8 Å². The molecule has 0 atom stereocenters. The Morgan fingerprint density at radius 1 is 0.868 bits per heavy atom. The van der Waals surface area contributed by atoms with Crippen LogP contribution in [0, 0.1) is 13.8 Å². The van der Waals surface area contributed by atoms with Crippen LogP contribution in [0.4, 0.5) is 5.69 Å². The Morgan fingerprint density at radius 3 is 2.45 bits per heavy atom. The molecule has 186 valence electrons. The highest BCUT2D eigenvalue weighted by Gasteiger charge is 2.35. The number of anilines is 1. The molecule has 4 aromatic carbocycles. The highest BCUT2D eigenvalue weighted by atomic mass is 32.1. The largest absolute Gasteiger partial charge is 0.342 e. The summed E-state index contributed by atoms with van der Waals surface area (Å²) in [6.45, 7) is 4.58. The van der Waals surface area contributed by atoms with E-state index in [0.29, 0.717) is 12.2 Å². The molecular formula is C32H25N3O2S. The molecule has 0 bridgehead atoms. The lowest BCUT2D eigenvalue weighted by Gasteiger charge is -2.30. The Morgan fingerprint density at radius 2 is 1.63 bits per heavy atom. The fourth-order valence-electron chi connectivity index (χ4n) is 5.14. The maximum Gasteiger partial charge on any atom is 0.270 e. The van der Waals surface area contributed by atoms with Crippen molar-refractivity contribution in [3.63, 3.8) is 0 Å². The molecule has 2 amide bonds. The Hall–Kier alpha value is -4.55. The lowest BCUT2D eigenvalue weighted by Crippen LogP contribution is -2.54. The lowest BCUT2D eigenvalue weighted by atomic mass is 10.0. The van der Waals surface area contributed by atoms with Gasteiger partial charge in [0.05, 0.1) is 5.69 Å². The van der Waals surface area contributed by atoms with Crippen LogP contribution in [0.1, 0.15) is 22.3 Å². The van der Waals surface area contributed by atoms with Crippen LogP contribution in [-0.4, -0.2) is 21.5 Å². The predicted molar refractivity (Wildman–Crippen MR) is 157 cm³/mol. The summed E-state index contributed by atoms with van der Waals surface area (Å²) in [6.07, 6.45) is 3.68. The zero-order valence-electron chi connectivity index (χ0n) is 21.1. The number of nitrogens with one attached hydrogen (secondary N) is 1. The van der Waals surface area contributed by atoms with E-state index in [0.717, 1.165) is 27.6 Å². The van der Waals surface area contributed by atoms with E-state index in [2.05, 4.69) is 46.3 Å². The van der Waals surface area contributed by atoms with Crippen LogP contribution in [0.5, 0.6) is 0 Å². The molecule has 1 fully saturated rings. The summed E-state index contributed by atoms with van der Waals surface area (Å²) >= 11 is 5.40. The van der Waals surface area contributed by atoms with Gasteiger partial charge in [-0.2, -0.15) is 0 Å². The molecule has 1 aromatic heterocycles. The average molecular weight is 516 g/mol. The molecule has 0 unspecified atom stereocenters. The third kappa shape index (κ3) is 4.19. The first-order valence-corrected chi connectivity index (χ1v) is 12.8. The molecule has 0 saturated carbocycles. The molecule has 2 heterocycles. The summed E-state index contributed by atoms with van der Waals surface area (Å²) in [4.78, 5) is 28.0. The number of hydrogen-bond acceptors (Lipinski definition) is 3. The molecule has 1 N–H and O–H groups in total. The quantitative estimate of drug-likeness (QED) is 0.174. The third-order valence-electron chi connectivity index (χ3n) is 6.98. The number of carbonyl (C=O) groups excluding carboxylic acids is 2. The zero-order valence-corrected chi connectivity index (χ0v) is 21.9. The highest BCUT2D eigenvalue weighted by molar-refractivity contribution is 7.80. The van der Waals surface area contributed by atoms with E-state index in [1.54, 1.807) is 6.08 Å². The second-order valence-electron chi connectivity index (χ2n) is 9.66. The summed E-state index contributed by atoms with van der Waals surface area (Å²) in [5.74, 6) is -0.926. The van der Waals surface area contributed by atoms with Crippen molar-refractivity contribution in [2.75, 3.05) is 4.90 Å². The second kappa shape index (κ2) is 9.39. The first-order chi connectivity index (χ1) is 18.4. The molecule has 5 aromatic rings. The van der Waals surface area contributed by atoms with Gasteiger partial charge in [0.2, 0.25) is 0 Å². The van der Waals surface area contributed by atoms with Crippen LogP contribution in [0.3, 0.4) is 0 Å². The number of nitrogens with zero attached hydrogens (tertiary/aromatic N) is 2. The fraction of sp³-hybridized carbons (Fsp3) is 0.0938. The van der Waals surface area contributed by atoms with Gasteiger partial charge < -0.3 is 4.57 Å². The number of rotatable bonds is 4. The van der Waals surface area contributed by atoms with Crippen LogP contribution in [0.2, 0.25) is 0 Å². The van der Waals surface area contributed by atoms with Crippen molar-refractivity contribution in [2.24, 2.45) is 0 Å². The molecular weight excluding hydrogens is 490 g/mol. The maximum absolute atomic E-state index is 13.6. The van der Waals surface area contributed by atoms with Gasteiger partial charge in [-0.1, -0.05) is 72.3 Å². The number of aromatic nitrogens is 1. The zero-order chi connectivity index (χ0) is 26.4. The predicted octanol–water partition coefficient (Wildman–Crippen LogP) is 6.29. The monoisotopic (exact) mass is 515 g/mol. The number of thiocarbonyl (C=S) groups is 1. The minimum Gasteiger partial charge on any atom is -0.342 e. The maximum atomic E-state index is 13.6. The van der Waals surface area contributed by atoms with Crippen molar-refractivity contribution in [1.82, 2.24) is 9.88 Å². The minimum absolute atomic E-state index is 0.0483. The van der Waals surface area contributed by atoms with E-state index in [1.165, 1.54) is 21.2 Å². The normalized spacial score (nSPS) is 15.1. The number of para-hydroxylation sites is 1. The van der Waals surface area contributed by atoms with Gasteiger partial charge in [0.15, 0.2) is 5.11 Å². The van der Waals surface area contributed by atoms with E-state index in [-0.39, 0.29) is 10.7 Å². The van der Waals surface area contributed by atoms with Crippen molar-refractivity contribution >= 4 is 62.6 Å². The van der Waals surface area contributed by atoms with Crippen LogP contribution in [0.25, 0.3) is 27.8 Å². The summed E-state index contributed by atoms with van der Waals surface area (Å²) in [5, 5.41) is 6.15. The molecule has 1 aliphatic rings. The van der Waals surface area contributed by atoms with E-state index in [1.807, 2.05) is 68.6 Å². The van der Waals surface area contributed by atoms with Gasteiger partial charge >= 0.3 is 0 Å². The Bertz CT molecular complexity index is 1810. The molecule has 6 heteroatoms. The molecule has 6 rings (SSSR count). The molecule has 1 aliphatic heterocycles. The van der Waals surface area contributed by atoms with Crippen LogP contribution in [-0.2, 0) is 16.1 Å². The fourth-order valence-corrected chi connectivity index (χ4v) is 5.42. The molecule has 38 heavy (non-hydrogen) atoms. The van der Waals surface area contributed by atoms with E-state index < -0.39 is 11.8 Å². The van der Waals surface area contributed by atoms with E-state index in [4.69, 9.17) is 12.2 Å². The molecule has 5 nitrogen and oxygen atoms in total. The van der Waals surface area contributed by atoms with Gasteiger partial charge in [0.1, 0.15) is 5.57 Å². The van der Waals surface area contributed by atoms with E-state index >= 15 is 0 Å². The molecule has 1 saturated heterocycles. The van der Waals surface area contributed by atoms with Gasteiger partial charge in [-0.15, -0.1) is 0 Å². The Balaban J connectivity index is 1.41. The molecule has 0 radical (unpaired) electrons. The van der Waals surface area contributed by atoms with Gasteiger partial charge in [-0.25, -0.2) is 0 Å². The molecule has 0 spiro atoms. The summed E-state index contributed by atoms with van der Waals surface area (Å²) in [6, 6.07) is 28.6. The Kier molecular flexibility index (Phi) is 5.89. The third-order valence-corrected chi connectivity index (χ3v) is 7.27. The van der Waals surface area contributed by atoms with Crippen molar-refractivity contribution < 1.29 is 9.59 Å². The number of fused-ring (bicyclic) bond motifs is 2. The van der Waals surface area contributed by atoms with Gasteiger partial charge in [-0.05, 0) is 72.2 Å². The number of carbonyl (C=O) groups is 2. The number of benzene rings is 4.